The predicted octanol–water partition coefficient (Wildman–Crippen LogP) is 2.27. The Morgan fingerprint density at radius 2 is 2.00 bits per heavy atom. The van der Waals surface area contributed by atoms with Gasteiger partial charge in [0.05, 0.1) is 20.3 Å². The molecule has 0 fully saturated rings. The summed E-state index contributed by atoms with van der Waals surface area (Å²) in [5.74, 6) is 1.59. The van der Waals surface area contributed by atoms with Crippen LogP contribution in [0.2, 0.25) is 0 Å². The van der Waals surface area contributed by atoms with Crippen molar-refractivity contribution in [3.8, 4) is 11.5 Å². The fourth-order valence-electron chi connectivity index (χ4n) is 1.92. The fourth-order valence-corrected chi connectivity index (χ4v) is 2.20. The molecule has 21 heavy (non-hydrogen) atoms. The summed E-state index contributed by atoms with van der Waals surface area (Å²) in [5.41, 5.74) is 0.998. The average Bonchev–Trinajstić information content (AvgIpc) is 2.50. The molecule has 2 N–H and O–H groups in total. The Morgan fingerprint density at radius 1 is 1.24 bits per heavy atom. The van der Waals surface area contributed by atoms with E-state index in [0.29, 0.717) is 5.11 Å². The first kappa shape index (κ1) is 17.5. The van der Waals surface area contributed by atoms with E-state index >= 15 is 0 Å². The summed E-state index contributed by atoms with van der Waals surface area (Å²) in [4.78, 5) is 0. The molecule has 118 valence electrons. The highest BCUT2D eigenvalue weighted by Crippen LogP contribution is 2.29. The lowest BCUT2D eigenvalue weighted by molar-refractivity contribution is 0.195. The number of methoxy groups -OCH3 is 3. The lowest BCUT2D eigenvalue weighted by Crippen LogP contribution is -2.37. The topological polar surface area (TPSA) is 51.8 Å². The van der Waals surface area contributed by atoms with Crippen LogP contribution >= 0.6 is 12.2 Å². The maximum Gasteiger partial charge on any atom is 0.166 e. The van der Waals surface area contributed by atoms with Crippen molar-refractivity contribution in [2.45, 2.75) is 19.4 Å². The second-order valence-corrected chi connectivity index (χ2v) is 4.98. The number of hydrogen-bond donors (Lipinski definition) is 2. The normalized spacial score (nSPS) is 11.6. The van der Waals surface area contributed by atoms with Crippen LogP contribution in [-0.4, -0.2) is 39.6 Å². The maximum absolute atomic E-state index is 5.38. The summed E-state index contributed by atoms with van der Waals surface area (Å²) >= 11 is 5.29. The zero-order valence-corrected chi connectivity index (χ0v) is 13.9. The Bertz CT molecular complexity index is 455. The van der Waals surface area contributed by atoms with Gasteiger partial charge in [-0.1, -0.05) is 0 Å². The monoisotopic (exact) mass is 312 g/mol. The highest BCUT2D eigenvalue weighted by molar-refractivity contribution is 7.80. The van der Waals surface area contributed by atoms with E-state index in [1.165, 1.54) is 0 Å². The molecule has 0 amide bonds. The first-order chi connectivity index (χ1) is 10.1. The van der Waals surface area contributed by atoms with Gasteiger partial charge in [-0.25, -0.2) is 0 Å². The molecule has 0 aliphatic heterocycles. The summed E-state index contributed by atoms with van der Waals surface area (Å²) < 4.78 is 15.6. The first-order valence-electron chi connectivity index (χ1n) is 6.87. The van der Waals surface area contributed by atoms with Crippen LogP contribution in [0.25, 0.3) is 0 Å². The summed E-state index contributed by atoms with van der Waals surface area (Å²) in [5, 5.41) is 7.01. The van der Waals surface area contributed by atoms with Gasteiger partial charge < -0.3 is 24.8 Å². The summed E-state index contributed by atoms with van der Waals surface area (Å²) in [6.45, 7) is 3.52. The minimum absolute atomic E-state index is 0.0116. The first-order valence-corrected chi connectivity index (χ1v) is 7.28. The SMILES string of the molecule is COCCCNC(=S)N[C@H](C)c1cc(OC)ccc1OC. The van der Waals surface area contributed by atoms with Gasteiger partial charge in [0, 0.05) is 25.8 Å². The van der Waals surface area contributed by atoms with Crippen molar-refractivity contribution in [2.75, 3.05) is 34.5 Å². The third kappa shape index (κ3) is 5.77. The van der Waals surface area contributed by atoms with Gasteiger partial charge in [0.2, 0.25) is 0 Å². The van der Waals surface area contributed by atoms with Gasteiger partial charge in [-0.05, 0) is 43.8 Å². The summed E-state index contributed by atoms with van der Waals surface area (Å²) in [6.07, 6.45) is 0.912. The molecular weight excluding hydrogens is 288 g/mol. The van der Waals surface area contributed by atoms with Gasteiger partial charge in [-0.3, -0.25) is 0 Å². The van der Waals surface area contributed by atoms with Crippen LogP contribution in [0.4, 0.5) is 0 Å². The fraction of sp³-hybridized carbons (Fsp3) is 0.533. The van der Waals surface area contributed by atoms with Crippen molar-refractivity contribution in [1.82, 2.24) is 10.6 Å². The van der Waals surface area contributed by atoms with Crippen LogP contribution in [0.5, 0.6) is 11.5 Å². The lowest BCUT2D eigenvalue weighted by Gasteiger charge is -2.20. The maximum atomic E-state index is 5.38. The Morgan fingerprint density at radius 3 is 2.62 bits per heavy atom. The molecule has 0 radical (unpaired) electrons. The highest BCUT2D eigenvalue weighted by Gasteiger charge is 2.13. The van der Waals surface area contributed by atoms with Crippen LogP contribution in [0.1, 0.15) is 24.9 Å². The van der Waals surface area contributed by atoms with Crippen LogP contribution < -0.4 is 20.1 Å². The zero-order chi connectivity index (χ0) is 15.7. The second kappa shape index (κ2) is 9.41. The van der Waals surface area contributed by atoms with E-state index < -0.39 is 0 Å². The molecule has 0 aliphatic carbocycles. The number of thiocarbonyl (C=S) groups is 1. The summed E-state index contributed by atoms with van der Waals surface area (Å²) in [6, 6.07) is 5.72. The van der Waals surface area contributed by atoms with Gasteiger partial charge in [0.1, 0.15) is 11.5 Å². The highest BCUT2D eigenvalue weighted by atomic mass is 32.1. The molecule has 1 rings (SSSR count). The third-order valence-corrected chi connectivity index (χ3v) is 3.32. The van der Waals surface area contributed by atoms with Gasteiger partial charge >= 0.3 is 0 Å². The number of hydrogen-bond acceptors (Lipinski definition) is 4. The third-order valence-electron chi connectivity index (χ3n) is 3.06. The van der Waals surface area contributed by atoms with Crippen molar-refractivity contribution in [3.63, 3.8) is 0 Å². The molecule has 1 aromatic rings. The molecule has 5 nitrogen and oxygen atoms in total. The molecule has 6 heteroatoms. The lowest BCUT2D eigenvalue weighted by atomic mass is 10.1. The van der Waals surface area contributed by atoms with Gasteiger partial charge in [-0.15, -0.1) is 0 Å². The Labute approximate surface area is 132 Å². The van der Waals surface area contributed by atoms with Crippen molar-refractivity contribution in [3.05, 3.63) is 23.8 Å². The van der Waals surface area contributed by atoms with E-state index in [1.54, 1.807) is 21.3 Å². The van der Waals surface area contributed by atoms with E-state index in [4.69, 9.17) is 26.4 Å². The van der Waals surface area contributed by atoms with Gasteiger partial charge in [0.25, 0.3) is 0 Å². The van der Waals surface area contributed by atoms with E-state index in [-0.39, 0.29) is 6.04 Å². The minimum atomic E-state index is 0.0116. The van der Waals surface area contributed by atoms with Gasteiger partial charge in [0.15, 0.2) is 5.11 Å². The molecule has 0 unspecified atom stereocenters. The number of rotatable bonds is 8. The molecule has 0 saturated heterocycles. The Hall–Kier alpha value is -1.53. The van der Waals surface area contributed by atoms with Crippen molar-refractivity contribution >= 4 is 17.3 Å². The largest absolute Gasteiger partial charge is 0.497 e. The molecule has 0 aliphatic rings. The molecular formula is C15H24N2O3S. The van der Waals surface area contributed by atoms with Crippen LogP contribution in [0, 0.1) is 0 Å². The van der Waals surface area contributed by atoms with Crippen molar-refractivity contribution < 1.29 is 14.2 Å². The van der Waals surface area contributed by atoms with Crippen molar-refractivity contribution in [1.29, 1.82) is 0 Å². The van der Waals surface area contributed by atoms with E-state index in [1.807, 2.05) is 25.1 Å². The Kier molecular flexibility index (Phi) is 7.85. The predicted molar refractivity (Wildman–Crippen MR) is 88.2 cm³/mol. The second-order valence-electron chi connectivity index (χ2n) is 4.58. The smallest absolute Gasteiger partial charge is 0.166 e. The number of benzene rings is 1. The quantitative estimate of drug-likeness (QED) is 0.567. The molecule has 0 bridgehead atoms. The Balaban J connectivity index is 2.61. The zero-order valence-electron chi connectivity index (χ0n) is 13.1. The molecule has 0 heterocycles. The van der Waals surface area contributed by atoms with Crippen LogP contribution in [-0.2, 0) is 4.74 Å². The van der Waals surface area contributed by atoms with Crippen molar-refractivity contribution in [2.24, 2.45) is 0 Å². The minimum Gasteiger partial charge on any atom is -0.497 e. The molecule has 0 aromatic heterocycles. The standard InChI is InChI=1S/C15H24N2O3S/c1-11(17-15(21)16-8-5-9-18-2)13-10-12(19-3)6-7-14(13)20-4/h6-7,10-11H,5,8-9H2,1-4H3,(H2,16,17,21)/t11-/m1/s1. The average molecular weight is 312 g/mol. The van der Waals surface area contributed by atoms with Gasteiger partial charge in [-0.2, -0.15) is 0 Å². The molecule has 1 atom stereocenters. The van der Waals surface area contributed by atoms with Crippen LogP contribution in [0.15, 0.2) is 18.2 Å². The van der Waals surface area contributed by atoms with E-state index in [9.17, 15) is 0 Å². The van der Waals surface area contributed by atoms with E-state index in [2.05, 4.69) is 10.6 Å². The van der Waals surface area contributed by atoms with E-state index in [0.717, 1.165) is 36.6 Å². The molecule has 0 spiro atoms. The number of ether oxygens (including phenoxy) is 3. The number of nitrogens with one attached hydrogen (secondary N) is 2. The molecule has 0 saturated carbocycles. The van der Waals surface area contributed by atoms with Crippen LogP contribution in [0.3, 0.4) is 0 Å². The summed E-state index contributed by atoms with van der Waals surface area (Å²) in [7, 11) is 4.98. The molecule has 1 aromatic carbocycles.